The van der Waals surface area contributed by atoms with E-state index in [1.165, 1.54) is 16.7 Å². The van der Waals surface area contributed by atoms with Gasteiger partial charge in [-0.25, -0.2) is 13.1 Å². The summed E-state index contributed by atoms with van der Waals surface area (Å²) >= 11 is 0. The fourth-order valence-corrected chi connectivity index (χ4v) is 6.03. The fourth-order valence-electron chi connectivity index (χ4n) is 4.79. The van der Waals surface area contributed by atoms with Crippen LogP contribution in [0.5, 0.6) is 0 Å². The SMILES string of the molecule is Cc1ccc(S(=O)(=O)N[C@H](c2ccccc2)[C@H](NCCCc2cc(C)cc(C)c2)c2ccccc2)cc1. The lowest BCUT2D eigenvalue weighted by Crippen LogP contribution is -2.39. The first kappa shape index (κ1) is 26.8. The second-order valence-electron chi connectivity index (χ2n) is 9.76. The third-order valence-corrected chi connectivity index (χ3v) is 8.01. The fraction of sp³-hybridized carbons (Fsp3) is 0.250. The molecule has 0 aromatic heterocycles. The molecule has 0 amide bonds. The quantitative estimate of drug-likeness (QED) is 0.223. The van der Waals surface area contributed by atoms with E-state index in [2.05, 4.69) is 54.2 Å². The molecule has 0 heterocycles. The van der Waals surface area contributed by atoms with Gasteiger partial charge in [0.2, 0.25) is 10.0 Å². The molecule has 0 saturated carbocycles. The van der Waals surface area contributed by atoms with Crippen LogP contribution in [0, 0.1) is 20.8 Å². The highest BCUT2D eigenvalue weighted by atomic mass is 32.2. The summed E-state index contributed by atoms with van der Waals surface area (Å²) in [6.45, 7) is 6.96. The number of hydrogen-bond acceptors (Lipinski definition) is 3. The predicted octanol–water partition coefficient (Wildman–Crippen LogP) is 6.60. The van der Waals surface area contributed by atoms with Crippen molar-refractivity contribution >= 4 is 10.0 Å². The molecule has 4 aromatic rings. The number of aryl methyl sites for hydroxylation is 4. The molecular weight excluding hydrogens is 476 g/mol. The Labute approximate surface area is 221 Å². The smallest absolute Gasteiger partial charge is 0.241 e. The summed E-state index contributed by atoms with van der Waals surface area (Å²) < 4.78 is 30.0. The van der Waals surface area contributed by atoms with Crippen LogP contribution in [0.3, 0.4) is 0 Å². The first-order valence-electron chi connectivity index (χ1n) is 12.8. The van der Waals surface area contributed by atoms with E-state index in [0.717, 1.165) is 36.1 Å². The third-order valence-electron chi connectivity index (χ3n) is 6.55. The van der Waals surface area contributed by atoms with Gasteiger partial charge in [-0.15, -0.1) is 0 Å². The van der Waals surface area contributed by atoms with Crippen LogP contribution in [0.4, 0.5) is 0 Å². The minimum atomic E-state index is -3.75. The number of rotatable bonds is 11. The zero-order valence-electron chi connectivity index (χ0n) is 21.8. The molecule has 0 radical (unpaired) electrons. The summed E-state index contributed by atoms with van der Waals surface area (Å²) in [6.07, 6.45) is 1.90. The van der Waals surface area contributed by atoms with Gasteiger partial charge in [-0.05, 0) is 69.0 Å². The van der Waals surface area contributed by atoms with Gasteiger partial charge in [0.15, 0.2) is 0 Å². The first-order valence-corrected chi connectivity index (χ1v) is 14.3. The van der Waals surface area contributed by atoms with Crippen molar-refractivity contribution in [3.8, 4) is 0 Å². The molecular formula is C32H36N2O2S. The van der Waals surface area contributed by atoms with E-state index in [9.17, 15) is 8.42 Å². The van der Waals surface area contributed by atoms with E-state index < -0.39 is 16.1 Å². The first-order chi connectivity index (χ1) is 17.8. The van der Waals surface area contributed by atoms with E-state index in [1.54, 1.807) is 12.1 Å². The Kier molecular flexibility index (Phi) is 8.93. The highest BCUT2D eigenvalue weighted by molar-refractivity contribution is 7.89. The number of hydrogen-bond donors (Lipinski definition) is 2. The maximum atomic E-state index is 13.5. The highest BCUT2D eigenvalue weighted by Crippen LogP contribution is 2.31. The predicted molar refractivity (Wildman–Crippen MR) is 152 cm³/mol. The Bertz CT molecular complexity index is 1370. The van der Waals surface area contributed by atoms with Gasteiger partial charge in [-0.2, -0.15) is 0 Å². The summed E-state index contributed by atoms with van der Waals surface area (Å²) in [5.41, 5.74) is 6.85. The lowest BCUT2D eigenvalue weighted by molar-refractivity contribution is 0.420. The zero-order valence-corrected chi connectivity index (χ0v) is 22.6. The lowest BCUT2D eigenvalue weighted by Gasteiger charge is -2.30. The van der Waals surface area contributed by atoms with Crippen LogP contribution in [0.2, 0.25) is 0 Å². The van der Waals surface area contributed by atoms with Gasteiger partial charge in [0.1, 0.15) is 0 Å². The Morgan fingerprint density at radius 2 is 1.19 bits per heavy atom. The topological polar surface area (TPSA) is 58.2 Å². The zero-order chi connectivity index (χ0) is 26.3. The molecule has 0 aliphatic heterocycles. The Balaban J connectivity index is 1.60. The van der Waals surface area contributed by atoms with Crippen LogP contribution < -0.4 is 10.0 Å². The summed E-state index contributed by atoms with van der Waals surface area (Å²) in [4.78, 5) is 0.265. The minimum Gasteiger partial charge on any atom is -0.308 e. The van der Waals surface area contributed by atoms with Crippen LogP contribution in [0.25, 0.3) is 0 Å². The molecule has 0 aliphatic carbocycles. The van der Waals surface area contributed by atoms with E-state index in [1.807, 2.05) is 67.6 Å². The van der Waals surface area contributed by atoms with Crippen molar-refractivity contribution < 1.29 is 8.42 Å². The second kappa shape index (κ2) is 12.3. The molecule has 5 heteroatoms. The van der Waals surface area contributed by atoms with E-state index in [0.29, 0.717) is 0 Å². The Hall–Kier alpha value is -3.25. The molecule has 0 unspecified atom stereocenters. The number of benzene rings is 4. The van der Waals surface area contributed by atoms with Crippen molar-refractivity contribution in [2.24, 2.45) is 0 Å². The maximum Gasteiger partial charge on any atom is 0.241 e. The summed E-state index contributed by atoms with van der Waals surface area (Å²) in [5.74, 6) is 0. The van der Waals surface area contributed by atoms with Crippen LogP contribution in [-0.4, -0.2) is 15.0 Å². The van der Waals surface area contributed by atoms with Gasteiger partial charge in [0, 0.05) is 0 Å². The average molecular weight is 513 g/mol. The molecule has 0 fully saturated rings. The van der Waals surface area contributed by atoms with Crippen LogP contribution in [0.15, 0.2) is 108 Å². The molecule has 192 valence electrons. The van der Waals surface area contributed by atoms with E-state index in [-0.39, 0.29) is 10.9 Å². The largest absolute Gasteiger partial charge is 0.308 e. The van der Waals surface area contributed by atoms with Crippen molar-refractivity contribution in [3.05, 3.63) is 137 Å². The van der Waals surface area contributed by atoms with Crippen LogP contribution >= 0.6 is 0 Å². The van der Waals surface area contributed by atoms with Crippen molar-refractivity contribution in [1.82, 2.24) is 10.0 Å². The van der Waals surface area contributed by atoms with Crippen LogP contribution in [0.1, 0.15) is 51.9 Å². The molecule has 2 N–H and O–H groups in total. The molecule has 4 aromatic carbocycles. The van der Waals surface area contributed by atoms with E-state index in [4.69, 9.17) is 0 Å². The molecule has 4 rings (SSSR count). The molecule has 0 spiro atoms. The van der Waals surface area contributed by atoms with Gasteiger partial charge >= 0.3 is 0 Å². The number of sulfonamides is 1. The maximum absolute atomic E-state index is 13.5. The van der Waals surface area contributed by atoms with Crippen molar-refractivity contribution in [3.63, 3.8) is 0 Å². The second-order valence-corrected chi connectivity index (χ2v) is 11.5. The highest BCUT2D eigenvalue weighted by Gasteiger charge is 2.29. The average Bonchev–Trinajstić information content (AvgIpc) is 2.88. The molecule has 0 aliphatic rings. The van der Waals surface area contributed by atoms with Crippen molar-refractivity contribution in [2.45, 2.75) is 50.6 Å². The molecule has 4 nitrogen and oxygen atoms in total. The summed E-state index contributed by atoms with van der Waals surface area (Å²) in [5, 5.41) is 3.69. The minimum absolute atomic E-state index is 0.247. The van der Waals surface area contributed by atoms with Gasteiger partial charge in [-0.3, -0.25) is 0 Å². The van der Waals surface area contributed by atoms with Crippen molar-refractivity contribution in [2.75, 3.05) is 6.54 Å². The molecule has 0 saturated heterocycles. The van der Waals surface area contributed by atoms with Gasteiger partial charge in [0.25, 0.3) is 0 Å². The standard InChI is InChI=1S/C32H36N2O2S/c1-24-16-18-30(19-17-24)37(35,36)34-32(29-14-8-5-9-15-29)31(28-12-6-4-7-13-28)33-20-10-11-27-22-25(2)21-26(3)23-27/h4-9,12-19,21-23,31-34H,10-11,20H2,1-3H3/t31-,32-/m1/s1. The van der Waals surface area contributed by atoms with Crippen LogP contribution in [-0.2, 0) is 16.4 Å². The normalized spacial score (nSPS) is 13.3. The lowest BCUT2D eigenvalue weighted by atomic mass is 9.94. The Morgan fingerprint density at radius 3 is 1.76 bits per heavy atom. The van der Waals surface area contributed by atoms with Gasteiger partial charge < -0.3 is 5.32 Å². The third kappa shape index (κ3) is 7.39. The molecule has 37 heavy (non-hydrogen) atoms. The van der Waals surface area contributed by atoms with Crippen molar-refractivity contribution in [1.29, 1.82) is 0 Å². The van der Waals surface area contributed by atoms with E-state index >= 15 is 0 Å². The monoisotopic (exact) mass is 512 g/mol. The van der Waals surface area contributed by atoms with Gasteiger partial charge in [-0.1, -0.05) is 108 Å². The Morgan fingerprint density at radius 1 is 0.649 bits per heavy atom. The van der Waals surface area contributed by atoms with Gasteiger partial charge in [0.05, 0.1) is 17.0 Å². The molecule has 2 atom stereocenters. The molecule has 0 bridgehead atoms. The summed E-state index contributed by atoms with van der Waals surface area (Å²) in [6, 6.07) is 32.8. The summed E-state index contributed by atoms with van der Waals surface area (Å²) in [7, 11) is -3.75. The number of nitrogens with one attached hydrogen (secondary N) is 2.